The predicted octanol–water partition coefficient (Wildman–Crippen LogP) is 2.86. The highest BCUT2D eigenvalue weighted by atomic mass is 16.5. The molecule has 2 rings (SSSR count). The third-order valence-electron chi connectivity index (χ3n) is 18.4. The van der Waals surface area contributed by atoms with Crippen molar-refractivity contribution in [2.45, 2.75) is 247 Å². The molecule has 0 bridgehead atoms. The van der Waals surface area contributed by atoms with Crippen molar-refractivity contribution in [3.8, 4) is 0 Å². The first-order valence-corrected chi connectivity index (χ1v) is 34.4. The summed E-state index contributed by atoms with van der Waals surface area (Å²) in [6, 6.07) is -14.7. The normalized spacial score (nSPS) is 27.3. The van der Waals surface area contributed by atoms with Gasteiger partial charge in [0.05, 0.1) is 24.9 Å². The van der Waals surface area contributed by atoms with Crippen molar-refractivity contribution in [1.29, 1.82) is 0 Å². The van der Waals surface area contributed by atoms with Crippen molar-refractivity contribution < 1.29 is 67.7 Å². The molecule has 13 atom stereocenters. The molecule has 0 aromatic heterocycles. The number of aliphatic hydroxyl groups excluding tert-OH is 1. The van der Waals surface area contributed by atoms with Crippen molar-refractivity contribution >= 4 is 65.0 Å². The lowest BCUT2D eigenvalue weighted by Crippen LogP contribution is -2.64. The fraction of sp³-hybridized carbons (Fsp3) is 0.812. The van der Waals surface area contributed by atoms with Crippen molar-refractivity contribution in [2.24, 2.45) is 35.5 Å². The van der Waals surface area contributed by atoms with Crippen LogP contribution in [0.5, 0.6) is 0 Å². The summed E-state index contributed by atoms with van der Waals surface area (Å²) in [5, 5.41) is 34.7. The van der Waals surface area contributed by atoms with Crippen LogP contribution >= 0.6 is 0 Å². The molecule has 0 saturated carbocycles. The van der Waals surface area contributed by atoms with E-state index in [2.05, 4.69) is 26.2 Å². The van der Waals surface area contributed by atoms with Gasteiger partial charge in [0.2, 0.25) is 65.0 Å². The summed E-state index contributed by atoms with van der Waals surface area (Å²) in [5.74, 6) is -10.5. The van der Waals surface area contributed by atoms with E-state index in [9.17, 15) is 34.2 Å². The van der Waals surface area contributed by atoms with E-state index < -0.39 is 161 Å². The SMILES string of the molecule is C/C=C/C[C@@H](C)[C@@H](O)[C@H]1C(=O)N[C@@H](CC)C(=O)N(C)[C@H](COCCN2CCCC2)C(=O)N(C)[C@@H](CC(C)(C)O)C(=O)N[C@@H](C(C)C)C(=O)N(C)[C@@H](CC(C)C)C(=O)N[C@@H](C)C(=O)N[C@H](C)C(=O)N(C)[C@@H](CC(C)C)C(=O)N(C)[C@@H](CC(C)C)C(=O)N(C)[C@@H](C(C)C)C(=O)N1C. The van der Waals surface area contributed by atoms with Gasteiger partial charge in [-0.25, -0.2) is 0 Å². The van der Waals surface area contributed by atoms with Gasteiger partial charge in [-0.3, -0.25) is 52.7 Å². The second-order valence-electron chi connectivity index (χ2n) is 29.3. The molecule has 11 amide bonds. The fourth-order valence-electron chi connectivity index (χ4n) is 12.4. The van der Waals surface area contributed by atoms with Crippen LogP contribution in [0, 0.1) is 35.5 Å². The monoisotopic (exact) mass is 1340 g/mol. The molecule has 544 valence electrons. The minimum Gasteiger partial charge on any atom is -0.390 e. The molecule has 2 saturated heterocycles. The van der Waals surface area contributed by atoms with E-state index in [-0.39, 0.29) is 69.5 Å². The molecule has 95 heavy (non-hydrogen) atoms. The lowest BCUT2D eigenvalue weighted by Gasteiger charge is -2.41. The molecular formula is C69H124N12O14. The number of nitrogens with one attached hydrogen (secondary N) is 4. The maximum Gasteiger partial charge on any atom is 0.248 e. The van der Waals surface area contributed by atoms with Crippen LogP contribution in [0.25, 0.3) is 0 Å². The number of carbonyl (C=O) groups is 11. The van der Waals surface area contributed by atoms with Gasteiger partial charge in [0.15, 0.2) is 0 Å². The van der Waals surface area contributed by atoms with Crippen LogP contribution in [0.1, 0.15) is 169 Å². The molecule has 26 nitrogen and oxygen atoms in total. The second-order valence-corrected chi connectivity index (χ2v) is 29.3. The molecule has 0 aromatic rings. The first kappa shape index (κ1) is 84.8. The van der Waals surface area contributed by atoms with E-state index in [1.54, 1.807) is 60.6 Å². The van der Waals surface area contributed by atoms with Crippen LogP contribution in [0.4, 0.5) is 0 Å². The molecule has 0 aromatic carbocycles. The molecule has 26 heteroatoms. The summed E-state index contributed by atoms with van der Waals surface area (Å²) < 4.78 is 6.20. The number of aliphatic hydroxyl groups is 2. The highest BCUT2D eigenvalue weighted by Crippen LogP contribution is 2.27. The first-order chi connectivity index (χ1) is 44.0. The number of allylic oxidation sites excluding steroid dienone is 2. The molecule has 2 fully saturated rings. The number of carbonyl (C=O) groups excluding carboxylic acids is 11. The average Bonchev–Trinajstić information content (AvgIpc) is 1.29. The summed E-state index contributed by atoms with van der Waals surface area (Å²) in [5.41, 5.74) is -1.60. The van der Waals surface area contributed by atoms with Crippen molar-refractivity contribution in [3.63, 3.8) is 0 Å². The Morgan fingerprint density at radius 1 is 0.516 bits per heavy atom. The Bertz CT molecular complexity index is 2610. The van der Waals surface area contributed by atoms with E-state index in [0.29, 0.717) is 6.54 Å². The van der Waals surface area contributed by atoms with Gasteiger partial charge in [0.1, 0.15) is 66.5 Å². The number of likely N-dealkylation sites (tertiary alicyclic amines) is 1. The van der Waals surface area contributed by atoms with Gasteiger partial charge in [0.25, 0.3) is 0 Å². The molecule has 2 heterocycles. The van der Waals surface area contributed by atoms with Crippen LogP contribution in [0.2, 0.25) is 0 Å². The minimum absolute atomic E-state index is 0.0526. The number of hydrogen-bond donors (Lipinski definition) is 6. The highest BCUT2D eigenvalue weighted by molar-refractivity contribution is 6.00. The Hall–Kier alpha value is -6.25. The van der Waals surface area contributed by atoms with E-state index in [0.717, 1.165) is 40.6 Å². The molecular weight excluding hydrogens is 1220 g/mol. The Morgan fingerprint density at radius 3 is 1.44 bits per heavy atom. The molecule has 2 aliphatic rings. The van der Waals surface area contributed by atoms with E-state index in [1.807, 2.05) is 41.5 Å². The van der Waals surface area contributed by atoms with Crippen molar-refractivity contribution in [1.82, 2.24) is 60.5 Å². The molecule has 0 radical (unpaired) electrons. The van der Waals surface area contributed by atoms with Crippen molar-refractivity contribution in [2.75, 3.05) is 82.2 Å². The third-order valence-corrected chi connectivity index (χ3v) is 18.4. The number of nitrogens with zero attached hydrogens (tertiary/aromatic N) is 8. The van der Waals surface area contributed by atoms with Crippen LogP contribution < -0.4 is 21.3 Å². The molecule has 2 aliphatic heterocycles. The van der Waals surface area contributed by atoms with Gasteiger partial charge < -0.3 is 75.4 Å². The quantitative estimate of drug-likeness (QED) is 0.0755. The van der Waals surface area contributed by atoms with Gasteiger partial charge >= 0.3 is 0 Å². The number of likely N-dealkylation sites (N-methyl/N-ethyl adjacent to an activating group) is 7. The van der Waals surface area contributed by atoms with Gasteiger partial charge in [-0.05, 0) is 128 Å². The van der Waals surface area contributed by atoms with E-state index in [1.165, 1.54) is 96.6 Å². The van der Waals surface area contributed by atoms with Crippen LogP contribution in [-0.4, -0.2) is 275 Å². The predicted molar refractivity (Wildman–Crippen MR) is 365 cm³/mol. The summed E-state index contributed by atoms with van der Waals surface area (Å²) in [4.78, 5) is 175. The van der Waals surface area contributed by atoms with E-state index in [4.69, 9.17) is 4.74 Å². The standard InChI is InChI=1S/C69H124N12O14/c1-25-27-30-45(13)57(82)56-61(86)72-48(26-2)63(88)78(22)53(39-95-34-33-81-31-28-29-32-81)66(91)77(21)52(38-69(16,17)94)60(85)73-54(43(9)10)67(92)74(18)49(35-40(3)4)59(84)70-46(14)58(83)71-47(15)62(87)75(19)50(36-41(5)6)64(89)76(20)51(37-42(7)8)65(90)79(23)55(44(11)12)68(93)80(56)24/h25,27,40-57,82,94H,26,28-39H2,1-24H3,(H,70,84)(H,71,83)(H,72,86)(H,73,85)/b27-25+/t45-,46+,47-,48+,49+,50+,51+,52+,53-,54+,55+,56+,57-/m1/s1. The van der Waals surface area contributed by atoms with Gasteiger partial charge in [0, 0.05) is 62.3 Å². The zero-order valence-electron chi connectivity index (χ0n) is 62.1. The van der Waals surface area contributed by atoms with Crippen LogP contribution in [0.15, 0.2) is 12.2 Å². The molecule has 6 N–H and O–H groups in total. The van der Waals surface area contributed by atoms with Crippen molar-refractivity contribution in [3.05, 3.63) is 12.2 Å². The zero-order chi connectivity index (χ0) is 73.0. The lowest BCUT2D eigenvalue weighted by atomic mass is 9.91. The van der Waals surface area contributed by atoms with Gasteiger partial charge in [-0.2, -0.15) is 0 Å². The Labute approximate surface area is 568 Å². The largest absolute Gasteiger partial charge is 0.390 e. The minimum atomic E-state index is -1.67. The molecule has 0 unspecified atom stereocenters. The Kier molecular flexibility index (Phi) is 34.5. The Balaban J connectivity index is 3.11. The van der Waals surface area contributed by atoms with Crippen LogP contribution in [-0.2, 0) is 57.5 Å². The lowest BCUT2D eigenvalue weighted by molar-refractivity contribution is -0.157. The number of ether oxygens (including phenoxy) is 1. The first-order valence-electron chi connectivity index (χ1n) is 34.4. The van der Waals surface area contributed by atoms with Gasteiger partial charge in [-0.1, -0.05) is 95.2 Å². The van der Waals surface area contributed by atoms with Gasteiger partial charge in [-0.15, -0.1) is 0 Å². The maximum absolute atomic E-state index is 15.4. The number of amides is 11. The third kappa shape index (κ3) is 24.4. The fourth-order valence-corrected chi connectivity index (χ4v) is 12.4. The van der Waals surface area contributed by atoms with E-state index >= 15 is 28.8 Å². The molecule has 0 aliphatic carbocycles. The van der Waals surface area contributed by atoms with Crippen LogP contribution in [0.3, 0.4) is 0 Å². The topological polar surface area (TPSA) is 312 Å². The second kappa shape index (κ2) is 38.6. The highest BCUT2D eigenvalue weighted by Gasteiger charge is 2.47. The number of rotatable bonds is 20. The average molecular weight is 1350 g/mol. The summed E-state index contributed by atoms with van der Waals surface area (Å²) in [6.45, 7) is 30.9. The maximum atomic E-state index is 15.4. The summed E-state index contributed by atoms with van der Waals surface area (Å²) in [6.07, 6.45) is 4.29. The summed E-state index contributed by atoms with van der Waals surface area (Å²) >= 11 is 0. The number of hydrogen-bond acceptors (Lipinski definition) is 15. The molecule has 0 spiro atoms. The smallest absolute Gasteiger partial charge is 0.248 e. The zero-order valence-corrected chi connectivity index (χ0v) is 62.1. The summed E-state index contributed by atoms with van der Waals surface area (Å²) in [7, 11) is 9.77. The Morgan fingerprint density at radius 2 is 0.958 bits per heavy atom.